The number of hydrazone groups is 1. The molecular weight excluding hydrogens is 400 g/mol. The van der Waals surface area contributed by atoms with Crippen molar-refractivity contribution in [2.24, 2.45) is 5.10 Å². The number of ether oxygens (including phenoxy) is 1. The van der Waals surface area contributed by atoms with Gasteiger partial charge in [0.2, 0.25) is 0 Å². The normalized spacial score (nSPS) is 17.3. The molecule has 0 saturated heterocycles. The van der Waals surface area contributed by atoms with Gasteiger partial charge in [0.05, 0.1) is 13.3 Å². The van der Waals surface area contributed by atoms with Crippen LogP contribution in [0.4, 0.5) is 5.69 Å². The molecule has 1 amide bonds. The van der Waals surface area contributed by atoms with Gasteiger partial charge in [-0.3, -0.25) is 4.79 Å². The molecule has 0 spiro atoms. The molecule has 0 fully saturated rings. The van der Waals surface area contributed by atoms with Gasteiger partial charge in [-0.2, -0.15) is 5.10 Å². The van der Waals surface area contributed by atoms with E-state index in [1.165, 1.54) is 11.3 Å². The molecule has 1 N–H and O–H groups in total. The van der Waals surface area contributed by atoms with Gasteiger partial charge in [-0.05, 0) is 74.2 Å². The number of anilines is 1. The molecule has 0 saturated carbocycles. The lowest BCUT2D eigenvalue weighted by Gasteiger charge is -2.45. The molecule has 1 atom stereocenters. The number of aromatic nitrogens is 1. The minimum atomic E-state index is -0.257. The van der Waals surface area contributed by atoms with Crippen molar-refractivity contribution in [3.8, 4) is 11.4 Å². The minimum Gasteiger partial charge on any atom is -0.496 e. The van der Waals surface area contributed by atoms with Crippen LogP contribution in [0.2, 0.25) is 0 Å². The van der Waals surface area contributed by atoms with Crippen LogP contribution < -0.4 is 15.1 Å². The van der Waals surface area contributed by atoms with Gasteiger partial charge < -0.3 is 14.2 Å². The Morgan fingerprint density at radius 1 is 1.19 bits per heavy atom. The van der Waals surface area contributed by atoms with Crippen molar-refractivity contribution in [1.82, 2.24) is 9.99 Å². The van der Waals surface area contributed by atoms with E-state index in [0.29, 0.717) is 11.5 Å². The highest BCUT2D eigenvalue weighted by Gasteiger charge is 2.34. The van der Waals surface area contributed by atoms with E-state index in [1.807, 2.05) is 41.2 Å². The first-order chi connectivity index (χ1) is 15.3. The zero-order chi connectivity index (χ0) is 22.9. The Bertz CT molecular complexity index is 1130. The molecule has 1 unspecified atom stereocenters. The van der Waals surface area contributed by atoms with Crippen LogP contribution in [0.3, 0.4) is 0 Å². The maximum atomic E-state index is 12.5. The lowest BCUT2D eigenvalue weighted by molar-refractivity contribution is 0.0955. The number of nitrogens with one attached hydrogen (secondary N) is 1. The Hall–Kier alpha value is -3.54. The highest BCUT2D eigenvalue weighted by molar-refractivity contribution is 5.95. The number of hydrogen-bond donors (Lipinski definition) is 1. The summed E-state index contributed by atoms with van der Waals surface area (Å²) in [6.07, 6.45) is 6.64. The number of carbonyl (C=O) groups is 1. The topological polar surface area (TPSA) is 58.9 Å². The van der Waals surface area contributed by atoms with Gasteiger partial charge in [0, 0.05) is 53.5 Å². The number of amides is 1. The molecule has 0 radical (unpaired) electrons. The lowest BCUT2D eigenvalue weighted by Crippen LogP contribution is -2.45. The van der Waals surface area contributed by atoms with Gasteiger partial charge >= 0.3 is 0 Å². The average Bonchev–Trinajstić information content (AvgIpc) is 3.32. The molecular formula is C26H30N4O2. The van der Waals surface area contributed by atoms with Crippen molar-refractivity contribution in [2.45, 2.75) is 38.6 Å². The van der Waals surface area contributed by atoms with Crippen LogP contribution in [-0.4, -0.2) is 36.4 Å². The Morgan fingerprint density at radius 2 is 1.88 bits per heavy atom. The monoisotopic (exact) mass is 430 g/mol. The fourth-order valence-electron chi connectivity index (χ4n) is 4.41. The number of carbonyl (C=O) groups excluding carboxylic acids is 1. The third-order valence-electron chi connectivity index (χ3n) is 6.39. The standard InChI is InChI=1S/C26H30N4O2/c1-18-16-26(2,3)29(4)23-15-24(32-5)20(14-22(18)23)17-27-28-25(31)19-8-10-21(11-9-19)30-12-6-7-13-30/h6-15,17-18H,16H2,1-5H3,(H,28,31)/b27-17+. The molecule has 6 heteroatoms. The van der Waals surface area contributed by atoms with Gasteiger partial charge in [0.25, 0.3) is 5.91 Å². The molecule has 1 aromatic heterocycles. The molecule has 0 bridgehead atoms. The van der Waals surface area contributed by atoms with Crippen molar-refractivity contribution >= 4 is 17.8 Å². The van der Waals surface area contributed by atoms with E-state index in [1.54, 1.807) is 25.5 Å². The quantitative estimate of drug-likeness (QED) is 0.459. The van der Waals surface area contributed by atoms with E-state index in [9.17, 15) is 4.79 Å². The van der Waals surface area contributed by atoms with Crippen LogP contribution in [0.5, 0.6) is 5.75 Å². The average molecular weight is 431 g/mol. The molecule has 2 heterocycles. The zero-order valence-corrected chi connectivity index (χ0v) is 19.3. The van der Waals surface area contributed by atoms with E-state index in [4.69, 9.17) is 4.74 Å². The lowest BCUT2D eigenvalue weighted by atomic mass is 9.80. The van der Waals surface area contributed by atoms with Crippen LogP contribution in [0.15, 0.2) is 66.0 Å². The molecule has 3 aromatic rings. The van der Waals surface area contributed by atoms with Gasteiger partial charge in [-0.15, -0.1) is 0 Å². The maximum Gasteiger partial charge on any atom is 0.271 e. The number of hydrogen-bond acceptors (Lipinski definition) is 4. The first kappa shape index (κ1) is 21.7. The molecule has 2 aromatic carbocycles. The van der Waals surface area contributed by atoms with E-state index in [2.05, 4.69) is 55.4 Å². The summed E-state index contributed by atoms with van der Waals surface area (Å²) in [6, 6.07) is 15.5. The number of fused-ring (bicyclic) bond motifs is 1. The van der Waals surface area contributed by atoms with Crippen LogP contribution in [-0.2, 0) is 0 Å². The summed E-state index contributed by atoms with van der Waals surface area (Å²) in [5.74, 6) is 0.893. The van der Waals surface area contributed by atoms with Gasteiger partial charge in [0.1, 0.15) is 5.75 Å². The molecule has 0 aliphatic carbocycles. The van der Waals surface area contributed by atoms with Gasteiger partial charge in [-0.25, -0.2) is 5.43 Å². The summed E-state index contributed by atoms with van der Waals surface area (Å²) in [7, 11) is 3.78. The third-order valence-corrected chi connectivity index (χ3v) is 6.39. The van der Waals surface area contributed by atoms with Crippen molar-refractivity contribution in [1.29, 1.82) is 0 Å². The summed E-state index contributed by atoms with van der Waals surface area (Å²) in [5.41, 5.74) is 7.53. The molecule has 1 aliphatic rings. The number of nitrogens with zero attached hydrogens (tertiary/aromatic N) is 3. The third kappa shape index (κ3) is 4.13. The minimum absolute atomic E-state index is 0.0813. The smallest absolute Gasteiger partial charge is 0.271 e. The highest BCUT2D eigenvalue weighted by Crippen LogP contribution is 2.44. The largest absolute Gasteiger partial charge is 0.496 e. The molecule has 32 heavy (non-hydrogen) atoms. The van der Waals surface area contributed by atoms with E-state index in [-0.39, 0.29) is 11.4 Å². The molecule has 6 nitrogen and oxygen atoms in total. The fourth-order valence-corrected chi connectivity index (χ4v) is 4.41. The van der Waals surface area contributed by atoms with Crippen LogP contribution in [0.25, 0.3) is 5.69 Å². The van der Waals surface area contributed by atoms with Crippen LogP contribution in [0, 0.1) is 0 Å². The van der Waals surface area contributed by atoms with E-state index >= 15 is 0 Å². The van der Waals surface area contributed by atoms with Crippen LogP contribution in [0.1, 0.15) is 54.6 Å². The Balaban J connectivity index is 1.51. The summed E-state index contributed by atoms with van der Waals surface area (Å²) in [4.78, 5) is 14.8. The highest BCUT2D eigenvalue weighted by atomic mass is 16.5. The van der Waals surface area contributed by atoms with Crippen LogP contribution >= 0.6 is 0 Å². The van der Waals surface area contributed by atoms with Crippen molar-refractivity contribution < 1.29 is 9.53 Å². The van der Waals surface area contributed by atoms with Gasteiger partial charge in [0.15, 0.2) is 0 Å². The summed E-state index contributed by atoms with van der Waals surface area (Å²) in [5, 5.41) is 4.20. The second kappa shape index (κ2) is 8.54. The molecule has 166 valence electrons. The molecule has 1 aliphatic heterocycles. The predicted octanol–water partition coefficient (Wildman–Crippen LogP) is 4.97. The van der Waals surface area contributed by atoms with Crippen molar-refractivity contribution in [3.05, 3.63) is 77.6 Å². The fraction of sp³-hybridized carbons (Fsp3) is 0.308. The summed E-state index contributed by atoms with van der Waals surface area (Å²) < 4.78 is 7.61. The maximum absolute atomic E-state index is 12.5. The second-order valence-electron chi connectivity index (χ2n) is 8.97. The second-order valence-corrected chi connectivity index (χ2v) is 8.97. The predicted molar refractivity (Wildman–Crippen MR) is 129 cm³/mol. The van der Waals surface area contributed by atoms with Gasteiger partial charge in [-0.1, -0.05) is 6.92 Å². The number of methoxy groups -OCH3 is 1. The van der Waals surface area contributed by atoms with Crippen molar-refractivity contribution in [3.63, 3.8) is 0 Å². The SMILES string of the molecule is COc1cc2c(cc1/C=N/NC(=O)c1ccc(-n3cccc3)cc1)C(C)CC(C)(C)N2C. The van der Waals surface area contributed by atoms with E-state index < -0.39 is 0 Å². The summed E-state index contributed by atoms with van der Waals surface area (Å²) >= 11 is 0. The van der Waals surface area contributed by atoms with E-state index in [0.717, 1.165) is 23.4 Å². The number of benzene rings is 2. The summed E-state index contributed by atoms with van der Waals surface area (Å²) in [6.45, 7) is 6.77. The zero-order valence-electron chi connectivity index (χ0n) is 19.3. The Labute approximate surface area is 189 Å². The number of rotatable bonds is 5. The van der Waals surface area contributed by atoms with Crippen molar-refractivity contribution in [2.75, 3.05) is 19.1 Å². The Kier molecular flexibility index (Phi) is 5.78. The molecule has 4 rings (SSSR count). The Morgan fingerprint density at radius 3 is 2.53 bits per heavy atom. The first-order valence-corrected chi connectivity index (χ1v) is 10.8. The first-order valence-electron chi connectivity index (χ1n) is 10.8.